The molecule has 0 saturated carbocycles. The summed E-state index contributed by atoms with van der Waals surface area (Å²) in [5.74, 6) is 0. The predicted octanol–water partition coefficient (Wildman–Crippen LogP) is 4.34. The Morgan fingerprint density at radius 3 is 2.47 bits per heavy atom. The molecule has 0 N–H and O–H groups in total. The number of thioether (sulfide) groups is 1. The maximum absolute atomic E-state index is 4.52. The summed E-state index contributed by atoms with van der Waals surface area (Å²) < 4.78 is 2.21. The number of fused-ring (bicyclic) bond motifs is 1. The van der Waals surface area contributed by atoms with Gasteiger partial charge in [-0.05, 0) is 49.9 Å². The van der Waals surface area contributed by atoms with Crippen molar-refractivity contribution in [2.24, 2.45) is 0 Å². The Labute approximate surface area is 117 Å². The van der Waals surface area contributed by atoms with Crippen LogP contribution in [0.15, 0.2) is 47.5 Å². The number of hydrogen-bond acceptors (Lipinski definition) is 2. The Kier molecular flexibility index (Phi) is 3.07. The van der Waals surface area contributed by atoms with Crippen LogP contribution in [0.4, 0.5) is 0 Å². The minimum Gasteiger partial charge on any atom is -0.297 e. The summed E-state index contributed by atoms with van der Waals surface area (Å²) in [6.07, 6.45) is 4.05. The zero-order valence-electron chi connectivity index (χ0n) is 11.3. The van der Waals surface area contributed by atoms with E-state index in [0.29, 0.717) is 0 Å². The molecule has 2 heterocycles. The lowest BCUT2D eigenvalue weighted by Crippen LogP contribution is -1.94. The molecule has 0 amide bonds. The van der Waals surface area contributed by atoms with E-state index in [4.69, 9.17) is 0 Å². The smallest absolute Gasteiger partial charge is 0.137 e. The van der Waals surface area contributed by atoms with Gasteiger partial charge in [-0.3, -0.25) is 4.40 Å². The molecule has 0 spiro atoms. The van der Waals surface area contributed by atoms with Crippen molar-refractivity contribution in [3.05, 3.63) is 53.9 Å². The van der Waals surface area contributed by atoms with E-state index in [1.807, 2.05) is 6.20 Å². The Balaban J connectivity index is 2.19. The molecule has 0 aliphatic rings. The number of aromatic nitrogens is 2. The number of hydrogen-bond donors (Lipinski definition) is 0. The maximum Gasteiger partial charge on any atom is 0.137 e. The Morgan fingerprint density at radius 1 is 1.05 bits per heavy atom. The lowest BCUT2D eigenvalue weighted by atomic mass is 10.1. The zero-order chi connectivity index (χ0) is 13.4. The van der Waals surface area contributed by atoms with Gasteiger partial charge in [-0.25, -0.2) is 4.98 Å². The molecule has 0 bridgehead atoms. The zero-order valence-corrected chi connectivity index (χ0v) is 12.2. The largest absolute Gasteiger partial charge is 0.297 e. The molecule has 19 heavy (non-hydrogen) atoms. The van der Waals surface area contributed by atoms with E-state index in [-0.39, 0.29) is 0 Å². The molecule has 2 nitrogen and oxygen atoms in total. The summed E-state index contributed by atoms with van der Waals surface area (Å²) in [5.41, 5.74) is 5.84. The maximum atomic E-state index is 4.52. The highest BCUT2D eigenvalue weighted by molar-refractivity contribution is 7.98. The van der Waals surface area contributed by atoms with Crippen LogP contribution in [0.5, 0.6) is 0 Å². The summed E-state index contributed by atoms with van der Waals surface area (Å²) in [5, 5.41) is 0. The predicted molar refractivity (Wildman–Crippen MR) is 81.9 cm³/mol. The van der Waals surface area contributed by atoms with E-state index in [9.17, 15) is 0 Å². The average molecular weight is 268 g/mol. The second kappa shape index (κ2) is 4.74. The SMILES string of the molecule is CSc1ccc(-c2cnc3cc(C)cc(C)n23)cc1. The van der Waals surface area contributed by atoms with Gasteiger partial charge in [0.25, 0.3) is 0 Å². The van der Waals surface area contributed by atoms with Gasteiger partial charge in [0.05, 0.1) is 11.9 Å². The highest BCUT2D eigenvalue weighted by Gasteiger charge is 2.08. The van der Waals surface area contributed by atoms with E-state index in [2.05, 4.69) is 65.9 Å². The van der Waals surface area contributed by atoms with Crippen LogP contribution in [0.1, 0.15) is 11.3 Å². The number of nitrogens with zero attached hydrogens (tertiary/aromatic N) is 2. The van der Waals surface area contributed by atoms with Crippen LogP contribution in [0, 0.1) is 13.8 Å². The highest BCUT2D eigenvalue weighted by atomic mass is 32.2. The minimum absolute atomic E-state index is 1.02. The lowest BCUT2D eigenvalue weighted by Gasteiger charge is -2.07. The van der Waals surface area contributed by atoms with Gasteiger partial charge < -0.3 is 0 Å². The van der Waals surface area contributed by atoms with E-state index in [1.165, 1.54) is 21.7 Å². The number of benzene rings is 1. The lowest BCUT2D eigenvalue weighted by molar-refractivity contribution is 1.09. The molecule has 0 aliphatic carbocycles. The summed E-state index contributed by atoms with van der Waals surface area (Å²) in [7, 11) is 0. The van der Waals surface area contributed by atoms with Crippen molar-refractivity contribution in [2.45, 2.75) is 18.7 Å². The Bertz CT molecular complexity index is 726. The molecule has 0 fully saturated rings. The fourth-order valence-electron chi connectivity index (χ4n) is 2.44. The minimum atomic E-state index is 1.02. The molecular weight excluding hydrogens is 252 g/mol. The number of imidazole rings is 1. The molecule has 2 aromatic heterocycles. The van der Waals surface area contributed by atoms with Crippen molar-refractivity contribution in [3.63, 3.8) is 0 Å². The van der Waals surface area contributed by atoms with Gasteiger partial charge in [0.15, 0.2) is 0 Å². The van der Waals surface area contributed by atoms with Gasteiger partial charge in [0.1, 0.15) is 5.65 Å². The van der Waals surface area contributed by atoms with E-state index >= 15 is 0 Å². The van der Waals surface area contributed by atoms with Gasteiger partial charge in [0.2, 0.25) is 0 Å². The van der Waals surface area contributed by atoms with Gasteiger partial charge in [0, 0.05) is 16.2 Å². The van der Waals surface area contributed by atoms with Gasteiger partial charge in [-0.1, -0.05) is 12.1 Å². The standard InChI is InChI=1S/C16H16N2S/c1-11-8-12(2)18-15(10-17-16(18)9-11)13-4-6-14(19-3)7-5-13/h4-10H,1-3H3. The number of aryl methyl sites for hydroxylation is 2. The monoisotopic (exact) mass is 268 g/mol. The third-order valence-corrected chi connectivity index (χ3v) is 4.06. The summed E-state index contributed by atoms with van der Waals surface area (Å²) >= 11 is 1.76. The first-order valence-electron chi connectivity index (χ1n) is 6.28. The Hall–Kier alpha value is -1.74. The summed E-state index contributed by atoms with van der Waals surface area (Å²) in [4.78, 5) is 5.80. The third-order valence-electron chi connectivity index (χ3n) is 3.32. The Morgan fingerprint density at radius 2 is 1.79 bits per heavy atom. The van der Waals surface area contributed by atoms with Gasteiger partial charge >= 0.3 is 0 Å². The number of rotatable bonds is 2. The van der Waals surface area contributed by atoms with E-state index in [0.717, 1.165) is 11.3 Å². The molecule has 1 aromatic carbocycles. The summed E-state index contributed by atoms with van der Waals surface area (Å²) in [6.45, 7) is 4.23. The second-order valence-corrected chi connectivity index (χ2v) is 5.62. The van der Waals surface area contributed by atoms with Crippen molar-refractivity contribution in [2.75, 3.05) is 6.26 Å². The first-order valence-corrected chi connectivity index (χ1v) is 7.50. The molecule has 0 radical (unpaired) electrons. The van der Waals surface area contributed by atoms with E-state index in [1.54, 1.807) is 11.8 Å². The fourth-order valence-corrected chi connectivity index (χ4v) is 2.85. The summed E-state index contributed by atoms with van der Waals surface area (Å²) in [6, 6.07) is 12.9. The molecule has 0 atom stereocenters. The van der Waals surface area contributed by atoms with Crippen LogP contribution in [0.25, 0.3) is 16.9 Å². The van der Waals surface area contributed by atoms with Crippen molar-refractivity contribution in [3.8, 4) is 11.3 Å². The topological polar surface area (TPSA) is 17.3 Å². The van der Waals surface area contributed by atoms with Crippen LogP contribution in [0.2, 0.25) is 0 Å². The molecule has 3 rings (SSSR count). The van der Waals surface area contributed by atoms with Crippen molar-refractivity contribution in [1.82, 2.24) is 9.38 Å². The van der Waals surface area contributed by atoms with Crippen LogP contribution in [-0.2, 0) is 0 Å². The molecular formula is C16H16N2S. The van der Waals surface area contributed by atoms with Crippen molar-refractivity contribution >= 4 is 17.4 Å². The molecule has 3 aromatic rings. The van der Waals surface area contributed by atoms with Crippen LogP contribution >= 0.6 is 11.8 Å². The molecule has 0 saturated heterocycles. The first kappa shape index (κ1) is 12.3. The highest BCUT2D eigenvalue weighted by Crippen LogP contribution is 2.25. The van der Waals surface area contributed by atoms with Crippen LogP contribution < -0.4 is 0 Å². The molecule has 96 valence electrons. The quantitative estimate of drug-likeness (QED) is 0.643. The molecule has 0 unspecified atom stereocenters. The average Bonchev–Trinajstić information content (AvgIpc) is 2.83. The van der Waals surface area contributed by atoms with Gasteiger partial charge in [-0.15, -0.1) is 11.8 Å². The molecule has 3 heteroatoms. The van der Waals surface area contributed by atoms with Gasteiger partial charge in [-0.2, -0.15) is 0 Å². The van der Waals surface area contributed by atoms with Crippen molar-refractivity contribution in [1.29, 1.82) is 0 Å². The third kappa shape index (κ3) is 2.15. The fraction of sp³-hybridized carbons (Fsp3) is 0.188. The van der Waals surface area contributed by atoms with E-state index < -0.39 is 0 Å². The number of pyridine rings is 1. The van der Waals surface area contributed by atoms with Crippen LogP contribution in [0.3, 0.4) is 0 Å². The van der Waals surface area contributed by atoms with Crippen molar-refractivity contribution < 1.29 is 0 Å². The first-order chi connectivity index (χ1) is 9.19. The molecule has 0 aliphatic heterocycles. The normalized spacial score (nSPS) is 11.1. The second-order valence-electron chi connectivity index (χ2n) is 4.74. The van der Waals surface area contributed by atoms with Crippen LogP contribution in [-0.4, -0.2) is 15.6 Å².